The number of aliphatic hydroxyl groups is 1. The molecule has 6 nitrogen and oxygen atoms in total. The van der Waals surface area contributed by atoms with Crippen LogP contribution in [0.3, 0.4) is 0 Å². The van der Waals surface area contributed by atoms with Crippen LogP contribution in [0.5, 0.6) is 0 Å². The summed E-state index contributed by atoms with van der Waals surface area (Å²) >= 11 is 0. The van der Waals surface area contributed by atoms with E-state index in [4.69, 9.17) is 0 Å². The summed E-state index contributed by atoms with van der Waals surface area (Å²) in [5.74, 6) is -0.258. The average Bonchev–Trinajstić information content (AvgIpc) is 2.86. The molecule has 1 aromatic carbocycles. The zero-order valence-electron chi connectivity index (χ0n) is 12.5. The number of non-ortho nitro benzene ring substituents is 1. The van der Waals surface area contributed by atoms with Crippen molar-refractivity contribution in [2.75, 3.05) is 6.54 Å². The van der Waals surface area contributed by atoms with Crippen molar-refractivity contribution in [2.45, 2.75) is 45.3 Å². The van der Waals surface area contributed by atoms with E-state index in [2.05, 4.69) is 0 Å². The van der Waals surface area contributed by atoms with E-state index < -0.39 is 10.5 Å². The second-order valence-electron chi connectivity index (χ2n) is 6.12. The summed E-state index contributed by atoms with van der Waals surface area (Å²) in [5, 5.41) is 21.1. The molecule has 1 aliphatic rings. The Balaban J connectivity index is 2.34. The summed E-state index contributed by atoms with van der Waals surface area (Å²) in [6.07, 6.45) is 1.57. The van der Waals surface area contributed by atoms with Gasteiger partial charge in [0.2, 0.25) is 0 Å². The number of benzene rings is 1. The number of nitrogens with zero attached hydrogens (tertiary/aromatic N) is 2. The summed E-state index contributed by atoms with van der Waals surface area (Å²) in [5.41, 5.74) is -0.0937. The molecule has 21 heavy (non-hydrogen) atoms. The number of likely N-dealkylation sites (tertiary alicyclic amines) is 1. The van der Waals surface area contributed by atoms with Gasteiger partial charge in [-0.3, -0.25) is 14.9 Å². The molecule has 2 rings (SSSR count). The number of hydrogen-bond acceptors (Lipinski definition) is 4. The lowest BCUT2D eigenvalue weighted by Gasteiger charge is -2.33. The van der Waals surface area contributed by atoms with Crippen molar-refractivity contribution in [1.82, 2.24) is 4.90 Å². The van der Waals surface area contributed by atoms with E-state index in [1.165, 1.54) is 12.1 Å². The maximum Gasteiger partial charge on any atom is 0.270 e. The molecule has 114 valence electrons. The molecule has 0 bridgehead atoms. The monoisotopic (exact) mass is 292 g/mol. The lowest BCUT2D eigenvalue weighted by Crippen LogP contribution is -2.48. The smallest absolute Gasteiger partial charge is 0.270 e. The second kappa shape index (κ2) is 5.44. The average molecular weight is 292 g/mol. The number of hydrogen-bond donors (Lipinski definition) is 1. The van der Waals surface area contributed by atoms with Crippen molar-refractivity contribution >= 4 is 11.6 Å². The normalized spacial score (nSPS) is 18.9. The molecule has 0 aromatic heterocycles. The van der Waals surface area contributed by atoms with Crippen LogP contribution in [0.4, 0.5) is 5.69 Å². The second-order valence-corrected chi connectivity index (χ2v) is 6.12. The number of carbonyl (C=O) groups excluding carboxylic acids is 1. The highest BCUT2D eigenvalue weighted by Crippen LogP contribution is 2.29. The first-order valence-electron chi connectivity index (χ1n) is 6.99. The molecule has 1 fully saturated rings. The van der Waals surface area contributed by atoms with Crippen molar-refractivity contribution < 1.29 is 14.8 Å². The molecule has 1 N–H and O–H groups in total. The quantitative estimate of drug-likeness (QED) is 0.684. The van der Waals surface area contributed by atoms with E-state index in [1.807, 2.05) is 0 Å². The fourth-order valence-corrected chi connectivity index (χ4v) is 2.90. The van der Waals surface area contributed by atoms with E-state index in [0.29, 0.717) is 17.7 Å². The highest BCUT2D eigenvalue weighted by Gasteiger charge is 2.38. The topological polar surface area (TPSA) is 83.7 Å². The fourth-order valence-electron chi connectivity index (χ4n) is 2.90. The maximum absolute atomic E-state index is 12.6. The molecule has 1 aromatic rings. The van der Waals surface area contributed by atoms with Gasteiger partial charge in [-0.05, 0) is 45.2 Å². The molecular formula is C15H20N2O4. The first-order chi connectivity index (χ1) is 9.70. The predicted molar refractivity (Wildman–Crippen MR) is 78.2 cm³/mol. The number of amides is 1. The first-order valence-corrected chi connectivity index (χ1v) is 6.99. The van der Waals surface area contributed by atoms with Crippen molar-refractivity contribution in [3.8, 4) is 0 Å². The lowest BCUT2D eigenvalue weighted by molar-refractivity contribution is -0.384. The Labute approximate surface area is 123 Å². The van der Waals surface area contributed by atoms with E-state index >= 15 is 0 Å². The molecule has 1 heterocycles. The van der Waals surface area contributed by atoms with E-state index in [0.717, 1.165) is 12.8 Å². The van der Waals surface area contributed by atoms with Gasteiger partial charge in [0.1, 0.15) is 0 Å². The fraction of sp³-hybridized carbons (Fsp3) is 0.533. The summed E-state index contributed by atoms with van der Waals surface area (Å²) in [6.45, 7) is 5.65. The number of carbonyl (C=O) groups is 1. The van der Waals surface area contributed by atoms with Crippen LogP contribution in [0.15, 0.2) is 18.2 Å². The SMILES string of the molecule is Cc1cc(C(=O)N2CCC[C@H]2C(C)(C)O)cc([N+](=O)[O-])c1. The van der Waals surface area contributed by atoms with Gasteiger partial charge in [-0.25, -0.2) is 0 Å². The molecular weight excluding hydrogens is 272 g/mol. The first kappa shape index (κ1) is 15.4. The molecule has 6 heteroatoms. The number of aryl methyl sites for hydroxylation is 1. The Morgan fingerprint density at radius 1 is 1.43 bits per heavy atom. The van der Waals surface area contributed by atoms with Gasteiger partial charge >= 0.3 is 0 Å². The Morgan fingerprint density at radius 3 is 2.67 bits per heavy atom. The van der Waals surface area contributed by atoms with Crippen LogP contribution in [-0.2, 0) is 0 Å². The summed E-state index contributed by atoms with van der Waals surface area (Å²) in [6, 6.07) is 4.13. The molecule has 1 atom stereocenters. The lowest BCUT2D eigenvalue weighted by atomic mass is 9.96. The zero-order valence-corrected chi connectivity index (χ0v) is 12.5. The van der Waals surface area contributed by atoms with Crippen LogP contribution in [0.1, 0.15) is 42.6 Å². The van der Waals surface area contributed by atoms with Gasteiger partial charge in [-0.15, -0.1) is 0 Å². The van der Waals surface area contributed by atoms with Crippen LogP contribution in [0.2, 0.25) is 0 Å². The Morgan fingerprint density at radius 2 is 2.10 bits per heavy atom. The predicted octanol–water partition coefficient (Wildman–Crippen LogP) is 2.28. The summed E-state index contributed by atoms with van der Waals surface area (Å²) in [7, 11) is 0. The number of rotatable bonds is 3. The van der Waals surface area contributed by atoms with Crippen LogP contribution < -0.4 is 0 Å². The van der Waals surface area contributed by atoms with E-state index in [9.17, 15) is 20.0 Å². The minimum Gasteiger partial charge on any atom is -0.388 e. The largest absolute Gasteiger partial charge is 0.388 e. The third-order valence-corrected chi connectivity index (χ3v) is 3.85. The minimum atomic E-state index is -0.984. The molecule has 1 aliphatic heterocycles. The van der Waals surface area contributed by atoms with E-state index in [-0.39, 0.29) is 17.6 Å². The Hall–Kier alpha value is -1.95. The van der Waals surface area contributed by atoms with Crippen LogP contribution in [0.25, 0.3) is 0 Å². The van der Waals surface area contributed by atoms with Crippen LogP contribution in [0, 0.1) is 17.0 Å². The summed E-state index contributed by atoms with van der Waals surface area (Å²) < 4.78 is 0. The van der Waals surface area contributed by atoms with Crippen LogP contribution >= 0.6 is 0 Å². The molecule has 0 aliphatic carbocycles. The molecule has 1 saturated heterocycles. The van der Waals surface area contributed by atoms with Gasteiger partial charge in [0, 0.05) is 24.2 Å². The van der Waals surface area contributed by atoms with Gasteiger partial charge in [-0.1, -0.05) is 0 Å². The molecule has 0 spiro atoms. The third-order valence-electron chi connectivity index (χ3n) is 3.85. The van der Waals surface area contributed by atoms with Gasteiger partial charge in [0.15, 0.2) is 0 Å². The third kappa shape index (κ3) is 3.21. The van der Waals surface area contributed by atoms with Crippen LogP contribution in [-0.4, -0.2) is 39.0 Å². The molecule has 0 saturated carbocycles. The highest BCUT2D eigenvalue weighted by molar-refractivity contribution is 5.95. The van der Waals surface area contributed by atoms with E-state index in [1.54, 1.807) is 31.7 Å². The zero-order chi connectivity index (χ0) is 15.8. The molecule has 1 amide bonds. The Kier molecular flexibility index (Phi) is 4.00. The van der Waals surface area contributed by atoms with Crippen molar-refractivity contribution in [1.29, 1.82) is 0 Å². The number of nitro groups is 1. The van der Waals surface area contributed by atoms with Gasteiger partial charge in [0.25, 0.3) is 11.6 Å². The van der Waals surface area contributed by atoms with Crippen molar-refractivity contribution in [3.63, 3.8) is 0 Å². The minimum absolute atomic E-state index is 0.0858. The Bertz CT molecular complexity index is 578. The van der Waals surface area contributed by atoms with Gasteiger partial charge in [0.05, 0.1) is 16.6 Å². The van der Waals surface area contributed by atoms with Gasteiger partial charge in [-0.2, -0.15) is 0 Å². The van der Waals surface area contributed by atoms with Crippen molar-refractivity contribution in [2.24, 2.45) is 0 Å². The molecule has 0 radical (unpaired) electrons. The van der Waals surface area contributed by atoms with Crippen molar-refractivity contribution in [3.05, 3.63) is 39.4 Å². The highest BCUT2D eigenvalue weighted by atomic mass is 16.6. The maximum atomic E-state index is 12.6. The van der Waals surface area contributed by atoms with Gasteiger partial charge < -0.3 is 10.0 Å². The standard InChI is InChI=1S/C15H20N2O4/c1-10-7-11(9-12(8-10)17(20)21)14(18)16-6-4-5-13(16)15(2,3)19/h7-9,13,19H,4-6H2,1-3H3/t13-/m0/s1. The number of nitro benzene ring substituents is 1. The molecule has 0 unspecified atom stereocenters. The summed E-state index contributed by atoms with van der Waals surface area (Å²) in [4.78, 5) is 24.7.